The van der Waals surface area contributed by atoms with Gasteiger partial charge in [0.2, 0.25) is 5.91 Å². The summed E-state index contributed by atoms with van der Waals surface area (Å²) in [6.45, 7) is 2.36. The third kappa shape index (κ3) is 5.33. The summed E-state index contributed by atoms with van der Waals surface area (Å²) in [5, 5.41) is 17.6. The molecular weight excluding hydrogens is 407 g/mol. The topological polar surface area (TPSA) is 105 Å². The van der Waals surface area contributed by atoms with Gasteiger partial charge < -0.3 is 15.5 Å². The Morgan fingerprint density at radius 2 is 2.11 bits per heavy atom. The first kappa shape index (κ1) is 22.4. The van der Waals surface area contributed by atoms with Crippen LogP contribution in [0.1, 0.15) is 36.0 Å². The number of likely N-dealkylation sites (tertiary alicyclic amines) is 1. The molecule has 154 valence electrons. The lowest BCUT2D eigenvalue weighted by molar-refractivity contribution is -0.385. The van der Waals surface area contributed by atoms with E-state index in [1.165, 1.54) is 18.2 Å². The van der Waals surface area contributed by atoms with Crippen molar-refractivity contribution in [3.63, 3.8) is 0 Å². The van der Waals surface area contributed by atoms with E-state index in [1.54, 1.807) is 4.90 Å². The molecule has 0 radical (unpaired) electrons. The van der Waals surface area contributed by atoms with Crippen LogP contribution in [0.15, 0.2) is 18.2 Å². The fraction of sp³-hybridized carbons (Fsp3) is 0.556. The van der Waals surface area contributed by atoms with E-state index in [0.717, 1.165) is 32.2 Å². The van der Waals surface area contributed by atoms with Crippen LogP contribution in [0.2, 0.25) is 5.02 Å². The summed E-state index contributed by atoms with van der Waals surface area (Å²) in [6.07, 6.45) is 3.55. The quantitative estimate of drug-likeness (QED) is 0.550. The number of carbonyl (C=O) groups excluding carboxylic acids is 2. The second-order valence-electron chi connectivity index (χ2n) is 7.07. The first-order valence-corrected chi connectivity index (χ1v) is 9.58. The fourth-order valence-corrected chi connectivity index (χ4v) is 3.87. The van der Waals surface area contributed by atoms with Crippen LogP contribution in [0.3, 0.4) is 0 Å². The van der Waals surface area contributed by atoms with E-state index in [4.69, 9.17) is 11.6 Å². The number of nitrogens with one attached hydrogen (secondary N) is 2. The number of piperidine rings is 1. The number of nitro groups is 1. The number of nitro benzene ring substituents is 1. The lowest BCUT2D eigenvalue weighted by Crippen LogP contribution is -2.46. The summed E-state index contributed by atoms with van der Waals surface area (Å²) >= 11 is 5.93. The van der Waals surface area contributed by atoms with Crippen molar-refractivity contribution in [1.29, 1.82) is 0 Å². The molecule has 3 rings (SSSR count). The minimum Gasteiger partial charge on any atom is -0.354 e. The standard InChI is InChI=1S/C18H23ClN4O4.ClH/c19-13-5-6-16(23(26)27)14(9-13)18(25)22-8-2-3-12(11-22)10-21-17(24)15-4-1-7-20-15;/h5-6,9,12,15,20H,1-4,7-8,10-11H2,(H,21,24);1H. The van der Waals surface area contributed by atoms with Crippen LogP contribution in [0.4, 0.5) is 5.69 Å². The largest absolute Gasteiger partial charge is 0.354 e. The summed E-state index contributed by atoms with van der Waals surface area (Å²) in [6, 6.07) is 3.88. The predicted molar refractivity (Wildman–Crippen MR) is 108 cm³/mol. The molecule has 2 atom stereocenters. The number of carbonyl (C=O) groups is 2. The smallest absolute Gasteiger partial charge is 0.282 e. The molecule has 2 unspecified atom stereocenters. The molecule has 2 aliphatic rings. The SMILES string of the molecule is Cl.O=C(NCC1CCCN(C(=O)c2cc(Cl)ccc2[N+](=O)[O-])C1)C1CCCN1. The van der Waals surface area contributed by atoms with Gasteiger partial charge in [0.1, 0.15) is 5.56 Å². The van der Waals surface area contributed by atoms with Crippen molar-refractivity contribution in [3.05, 3.63) is 38.9 Å². The number of benzene rings is 1. The van der Waals surface area contributed by atoms with Gasteiger partial charge in [-0.25, -0.2) is 0 Å². The predicted octanol–water partition coefficient (Wildman–Crippen LogP) is 2.39. The first-order valence-electron chi connectivity index (χ1n) is 9.20. The first-order chi connectivity index (χ1) is 13.0. The van der Waals surface area contributed by atoms with E-state index in [1.807, 2.05) is 0 Å². The van der Waals surface area contributed by atoms with E-state index in [-0.39, 0.29) is 46.5 Å². The molecule has 2 saturated heterocycles. The van der Waals surface area contributed by atoms with Crippen LogP contribution >= 0.6 is 24.0 Å². The summed E-state index contributed by atoms with van der Waals surface area (Å²) in [5.74, 6) is -0.259. The summed E-state index contributed by atoms with van der Waals surface area (Å²) < 4.78 is 0. The van der Waals surface area contributed by atoms with Gasteiger partial charge in [0.15, 0.2) is 0 Å². The van der Waals surface area contributed by atoms with Gasteiger partial charge in [0.25, 0.3) is 11.6 Å². The molecule has 2 heterocycles. The van der Waals surface area contributed by atoms with Gasteiger partial charge in [0, 0.05) is 30.7 Å². The highest BCUT2D eigenvalue weighted by Crippen LogP contribution is 2.26. The maximum Gasteiger partial charge on any atom is 0.282 e. The molecule has 2 N–H and O–H groups in total. The van der Waals surface area contributed by atoms with Gasteiger partial charge in [-0.1, -0.05) is 11.6 Å². The molecule has 0 aromatic heterocycles. The van der Waals surface area contributed by atoms with Gasteiger partial charge in [-0.05, 0) is 50.3 Å². The zero-order valence-electron chi connectivity index (χ0n) is 15.4. The Morgan fingerprint density at radius 3 is 2.79 bits per heavy atom. The van der Waals surface area contributed by atoms with E-state index < -0.39 is 10.8 Å². The lowest BCUT2D eigenvalue weighted by atomic mass is 9.97. The van der Waals surface area contributed by atoms with Crippen LogP contribution in [0.25, 0.3) is 0 Å². The molecule has 0 saturated carbocycles. The number of rotatable bonds is 5. The van der Waals surface area contributed by atoms with Crippen LogP contribution < -0.4 is 10.6 Å². The van der Waals surface area contributed by atoms with Crippen LogP contribution in [-0.4, -0.2) is 53.9 Å². The van der Waals surface area contributed by atoms with Crippen LogP contribution in [0.5, 0.6) is 0 Å². The molecule has 1 aromatic rings. The van der Waals surface area contributed by atoms with E-state index in [9.17, 15) is 19.7 Å². The molecule has 28 heavy (non-hydrogen) atoms. The Hall–Kier alpha value is -1.90. The molecular formula is C18H24Cl2N4O4. The van der Waals surface area contributed by atoms with Crippen molar-refractivity contribution in [3.8, 4) is 0 Å². The highest BCUT2D eigenvalue weighted by molar-refractivity contribution is 6.31. The van der Waals surface area contributed by atoms with Crippen LogP contribution in [0, 0.1) is 16.0 Å². The Morgan fingerprint density at radius 1 is 1.32 bits per heavy atom. The highest BCUT2D eigenvalue weighted by Gasteiger charge is 2.30. The third-order valence-electron chi connectivity index (χ3n) is 5.13. The zero-order valence-corrected chi connectivity index (χ0v) is 16.9. The van der Waals surface area contributed by atoms with E-state index in [2.05, 4.69) is 10.6 Å². The number of nitrogens with zero attached hydrogens (tertiary/aromatic N) is 2. The van der Waals surface area contributed by atoms with Gasteiger partial charge in [0.05, 0.1) is 11.0 Å². The van der Waals surface area contributed by atoms with Gasteiger partial charge >= 0.3 is 0 Å². The molecule has 0 aliphatic carbocycles. The normalized spacial score (nSPS) is 21.7. The third-order valence-corrected chi connectivity index (χ3v) is 5.37. The molecule has 0 bridgehead atoms. The van der Waals surface area contributed by atoms with E-state index >= 15 is 0 Å². The molecule has 8 nitrogen and oxygen atoms in total. The summed E-state index contributed by atoms with van der Waals surface area (Å²) in [4.78, 5) is 37.2. The molecule has 2 aliphatic heterocycles. The molecule has 1 aromatic carbocycles. The highest BCUT2D eigenvalue weighted by atomic mass is 35.5. The monoisotopic (exact) mass is 430 g/mol. The van der Waals surface area contributed by atoms with Gasteiger partial charge in [-0.2, -0.15) is 0 Å². The van der Waals surface area contributed by atoms with E-state index in [0.29, 0.717) is 19.6 Å². The van der Waals surface area contributed by atoms with Gasteiger partial charge in [-0.15, -0.1) is 12.4 Å². The molecule has 0 spiro atoms. The number of hydrogen-bond donors (Lipinski definition) is 2. The molecule has 2 fully saturated rings. The maximum atomic E-state index is 12.8. The van der Waals surface area contributed by atoms with Gasteiger partial charge in [-0.3, -0.25) is 19.7 Å². The van der Waals surface area contributed by atoms with Crippen molar-refractivity contribution >= 4 is 41.5 Å². The average molecular weight is 431 g/mol. The minimum atomic E-state index is -0.570. The second kappa shape index (κ2) is 10.0. The summed E-state index contributed by atoms with van der Waals surface area (Å²) in [5.41, 5.74) is -0.237. The molecule has 2 amide bonds. The lowest BCUT2D eigenvalue weighted by Gasteiger charge is -2.33. The Labute approximate surface area is 174 Å². The summed E-state index contributed by atoms with van der Waals surface area (Å²) in [7, 11) is 0. The maximum absolute atomic E-state index is 12.8. The van der Waals surface area contributed by atoms with Crippen molar-refractivity contribution in [2.75, 3.05) is 26.2 Å². The van der Waals surface area contributed by atoms with Crippen molar-refractivity contribution in [1.82, 2.24) is 15.5 Å². The zero-order chi connectivity index (χ0) is 19.4. The average Bonchev–Trinajstić information content (AvgIpc) is 3.20. The molecule has 10 heteroatoms. The van der Waals surface area contributed by atoms with Crippen molar-refractivity contribution < 1.29 is 14.5 Å². The van der Waals surface area contributed by atoms with Crippen molar-refractivity contribution in [2.45, 2.75) is 31.7 Å². The Kier molecular flexibility index (Phi) is 8.03. The minimum absolute atomic E-state index is 0. The van der Waals surface area contributed by atoms with Crippen LogP contribution in [-0.2, 0) is 4.79 Å². The Bertz CT molecular complexity index is 740. The Balaban J connectivity index is 0.00000280. The second-order valence-corrected chi connectivity index (χ2v) is 7.51. The number of hydrogen-bond acceptors (Lipinski definition) is 5. The van der Waals surface area contributed by atoms with Crippen molar-refractivity contribution in [2.24, 2.45) is 5.92 Å². The fourth-order valence-electron chi connectivity index (χ4n) is 3.70. The number of halogens is 2. The number of amides is 2.